The van der Waals surface area contributed by atoms with Gasteiger partial charge in [-0.2, -0.15) is 0 Å². The third kappa shape index (κ3) is 2.60. The number of hydrogen-bond acceptors (Lipinski definition) is 6. The van der Waals surface area contributed by atoms with Gasteiger partial charge in [0.15, 0.2) is 0 Å². The molecule has 22 heavy (non-hydrogen) atoms. The van der Waals surface area contributed by atoms with Crippen molar-refractivity contribution in [3.8, 4) is 5.75 Å². The number of esters is 2. The number of aromatic hydroxyl groups is 1. The zero-order valence-electron chi connectivity index (χ0n) is 12.3. The predicted molar refractivity (Wildman–Crippen MR) is 77.2 cm³/mol. The summed E-state index contributed by atoms with van der Waals surface area (Å²) in [5.41, 5.74) is 0.189. The summed E-state index contributed by atoms with van der Waals surface area (Å²) in [6.07, 6.45) is 1.54. The summed E-state index contributed by atoms with van der Waals surface area (Å²) in [5.74, 6) is -2.10. The number of piperidine rings is 1. The minimum atomic E-state index is -0.770. The fraction of sp³-hybridized carbons (Fsp3) is 0.500. The molecule has 4 atom stereocenters. The molecule has 3 rings (SSSR count). The van der Waals surface area contributed by atoms with Crippen LogP contribution in [0.4, 0.5) is 0 Å². The number of carbonyl (C=O) groups excluding carboxylic acids is 2. The van der Waals surface area contributed by atoms with E-state index in [1.165, 1.54) is 24.3 Å². The number of phenolic OH excluding ortho intramolecular Hbond substituents is 1. The van der Waals surface area contributed by atoms with Crippen molar-refractivity contribution in [1.82, 2.24) is 4.90 Å². The van der Waals surface area contributed by atoms with Gasteiger partial charge in [0.2, 0.25) is 0 Å². The second-order valence-corrected chi connectivity index (χ2v) is 6.05. The van der Waals surface area contributed by atoms with Crippen molar-refractivity contribution in [3.05, 3.63) is 29.8 Å². The fourth-order valence-corrected chi connectivity index (χ4v) is 3.57. The Morgan fingerprint density at radius 1 is 1.23 bits per heavy atom. The van der Waals surface area contributed by atoms with Crippen LogP contribution in [-0.2, 0) is 9.53 Å². The Morgan fingerprint density at radius 3 is 2.59 bits per heavy atom. The quantitative estimate of drug-likeness (QED) is 0.624. The first-order valence-corrected chi connectivity index (χ1v) is 7.42. The van der Waals surface area contributed by atoms with Gasteiger partial charge < -0.3 is 14.9 Å². The molecule has 0 saturated carbocycles. The number of rotatable bonds is 2. The lowest BCUT2D eigenvalue weighted by atomic mass is 9.88. The van der Waals surface area contributed by atoms with E-state index >= 15 is 0 Å². The van der Waals surface area contributed by atoms with E-state index in [0.717, 1.165) is 12.8 Å². The van der Waals surface area contributed by atoms with Crippen molar-refractivity contribution in [2.75, 3.05) is 7.05 Å². The highest BCUT2D eigenvalue weighted by molar-refractivity contribution is 5.97. The largest absolute Gasteiger partial charge is 0.508 e. The number of benzene rings is 1. The topological polar surface area (TPSA) is 87.1 Å². The van der Waals surface area contributed by atoms with Gasteiger partial charge in [0.25, 0.3) is 0 Å². The summed E-state index contributed by atoms with van der Waals surface area (Å²) >= 11 is 0. The maximum atomic E-state index is 12.3. The van der Waals surface area contributed by atoms with Gasteiger partial charge in [-0.3, -0.25) is 9.69 Å². The summed E-state index contributed by atoms with van der Waals surface area (Å²) in [6.45, 7) is 0. The van der Waals surface area contributed by atoms with Crippen LogP contribution in [0.2, 0.25) is 0 Å². The Hall–Kier alpha value is -1.92. The molecule has 2 heterocycles. The van der Waals surface area contributed by atoms with E-state index in [1.807, 2.05) is 7.05 Å². The van der Waals surface area contributed by atoms with Crippen molar-refractivity contribution in [2.45, 2.75) is 37.5 Å². The monoisotopic (exact) mass is 305 g/mol. The Kier molecular flexibility index (Phi) is 3.88. The van der Waals surface area contributed by atoms with Gasteiger partial charge in [0, 0.05) is 12.1 Å². The van der Waals surface area contributed by atoms with Crippen LogP contribution in [0.15, 0.2) is 24.3 Å². The zero-order chi connectivity index (χ0) is 15.9. The summed E-state index contributed by atoms with van der Waals surface area (Å²) in [5, 5.41) is 19.4. The second kappa shape index (κ2) is 5.70. The highest BCUT2D eigenvalue weighted by atomic mass is 16.6. The van der Waals surface area contributed by atoms with Gasteiger partial charge in [-0.1, -0.05) is 0 Å². The average molecular weight is 305 g/mol. The van der Waals surface area contributed by atoms with E-state index < -0.39 is 24.0 Å². The number of hydrogen-bond donors (Lipinski definition) is 2. The SMILES string of the molecule is CN1[C@H]2CC[C@@H]1[C@@H](C(=O)OC(=O)c1ccc(O)cc1)[C@@H](O)C2. The fourth-order valence-electron chi connectivity index (χ4n) is 3.57. The van der Waals surface area contributed by atoms with Crippen LogP contribution < -0.4 is 0 Å². The van der Waals surface area contributed by atoms with E-state index in [9.17, 15) is 19.8 Å². The average Bonchev–Trinajstić information content (AvgIpc) is 2.71. The van der Waals surface area contributed by atoms with E-state index in [0.29, 0.717) is 12.5 Å². The molecule has 2 bridgehead atoms. The molecule has 2 aliphatic rings. The molecular weight excluding hydrogens is 286 g/mol. The first kappa shape index (κ1) is 15.0. The van der Waals surface area contributed by atoms with Crippen LogP contribution in [0.1, 0.15) is 29.6 Å². The molecule has 6 heteroatoms. The lowest BCUT2D eigenvalue weighted by Crippen LogP contribution is -2.52. The number of fused-ring (bicyclic) bond motifs is 2. The zero-order valence-corrected chi connectivity index (χ0v) is 12.3. The van der Waals surface area contributed by atoms with E-state index in [1.54, 1.807) is 0 Å². The Labute approximate surface area is 128 Å². The maximum Gasteiger partial charge on any atom is 0.345 e. The van der Waals surface area contributed by atoms with Crippen molar-refractivity contribution < 1.29 is 24.5 Å². The second-order valence-electron chi connectivity index (χ2n) is 6.05. The van der Waals surface area contributed by atoms with Gasteiger partial charge in [-0.05, 0) is 50.6 Å². The standard InChI is InChI=1S/C16H19NO5/c1-17-10-4-7-12(17)14(13(19)8-10)16(21)22-15(20)9-2-5-11(18)6-3-9/h2-3,5-6,10,12-14,18-19H,4,7-8H2,1H3/t10-,12+,13-,14+/m0/s1. The van der Waals surface area contributed by atoms with Crippen molar-refractivity contribution in [3.63, 3.8) is 0 Å². The van der Waals surface area contributed by atoms with Gasteiger partial charge in [0.1, 0.15) is 5.75 Å². The van der Waals surface area contributed by atoms with Crippen LogP contribution in [0, 0.1) is 5.92 Å². The number of nitrogens with zero attached hydrogens (tertiary/aromatic N) is 1. The van der Waals surface area contributed by atoms with E-state index in [4.69, 9.17) is 4.74 Å². The molecule has 0 aromatic heterocycles. The molecule has 0 amide bonds. The van der Waals surface area contributed by atoms with Crippen LogP contribution in [0.5, 0.6) is 5.75 Å². The van der Waals surface area contributed by atoms with Gasteiger partial charge in [-0.25, -0.2) is 4.79 Å². The Balaban J connectivity index is 1.71. The molecular formula is C16H19NO5. The lowest BCUT2D eigenvalue weighted by Gasteiger charge is -2.39. The summed E-state index contributed by atoms with van der Waals surface area (Å²) < 4.78 is 4.94. The molecule has 0 unspecified atom stereocenters. The predicted octanol–water partition coefficient (Wildman–Crippen LogP) is 0.919. The van der Waals surface area contributed by atoms with Gasteiger partial charge >= 0.3 is 11.9 Å². The summed E-state index contributed by atoms with van der Waals surface area (Å²) in [6, 6.07) is 5.71. The third-order valence-electron chi connectivity index (χ3n) is 4.81. The normalized spacial score (nSPS) is 31.0. The van der Waals surface area contributed by atoms with Crippen molar-refractivity contribution in [2.24, 2.45) is 5.92 Å². The van der Waals surface area contributed by atoms with Crippen molar-refractivity contribution in [1.29, 1.82) is 0 Å². The number of aliphatic hydroxyl groups excluding tert-OH is 1. The Morgan fingerprint density at radius 2 is 1.91 bits per heavy atom. The molecule has 6 nitrogen and oxygen atoms in total. The van der Waals surface area contributed by atoms with Gasteiger partial charge in [0.05, 0.1) is 17.6 Å². The van der Waals surface area contributed by atoms with E-state index in [-0.39, 0.29) is 17.4 Å². The molecule has 0 radical (unpaired) electrons. The van der Waals surface area contributed by atoms with Crippen molar-refractivity contribution >= 4 is 11.9 Å². The molecule has 2 N–H and O–H groups in total. The number of phenols is 1. The first-order chi connectivity index (χ1) is 10.5. The van der Waals surface area contributed by atoms with Crippen LogP contribution in [-0.4, -0.2) is 52.3 Å². The first-order valence-electron chi connectivity index (χ1n) is 7.42. The molecule has 118 valence electrons. The minimum absolute atomic E-state index is 0.0317. The maximum absolute atomic E-state index is 12.3. The third-order valence-corrected chi connectivity index (χ3v) is 4.81. The highest BCUT2D eigenvalue weighted by Crippen LogP contribution is 2.38. The molecule has 2 fully saturated rings. The number of carbonyl (C=O) groups is 2. The smallest absolute Gasteiger partial charge is 0.345 e. The lowest BCUT2D eigenvalue weighted by molar-refractivity contribution is -0.152. The summed E-state index contributed by atoms with van der Waals surface area (Å²) in [4.78, 5) is 26.4. The van der Waals surface area contributed by atoms with Crippen LogP contribution >= 0.6 is 0 Å². The number of aliphatic hydroxyl groups is 1. The molecule has 1 aromatic rings. The van der Waals surface area contributed by atoms with Crippen LogP contribution in [0.3, 0.4) is 0 Å². The molecule has 0 aliphatic carbocycles. The van der Waals surface area contributed by atoms with E-state index in [2.05, 4.69) is 4.90 Å². The molecule has 1 aromatic carbocycles. The molecule has 0 spiro atoms. The molecule has 2 aliphatic heterocycles. The molecule has 2 saturated heterocycles. The van der Waals surface area contributed by atoms with Gasteiger partial charge in [-0.15, -0.1) is 0 Å². The summed E-state index contributed by atoms with van der Waals surface area (Å²) in [7, 11) is 1.94. The minimum Gasteiger partial charge on any atom is -0.508 e. The van der Waals surface area contributed by atoms with Crippen LogP contribution in [0.25, 0.3) is 0 Å². The highest BCUT2D eigenvalue weighted by Gasteiger charge is 2.49. The number of ether oxygens (including phenoxy) is 1. The Bertz CT molecular complexity index is 585.